The van der Waals surface area contributed by atoms with E-state index in [1.807, 2.05) is 24.3 Å². The minimum atomic E-state index is -1.19. The molecule has 0 saturated carbocycles. The monoisotopic (exact) mass is 294 g/mol. The Labute approximate surface area is 127 Å². The van der Waals surface area contributed by atoms with Crippen LogP contribution in [-0.2, 0) is 12.0 Å². The van der Waals surface area contributed by atoms with Crippen molar-refractivity contribution in [2.45, 2.75) is 18.4 Å². The van der Waals surface area contributed by atoms with Gasteiger partial charge in [-0.2, -0.15) is 0 Å². The zero-order valence-corrected chi connectivity index (χ0v) is 12.2. The molecule has 4 rings (SSSR count). The van der Waals surface area contributed by atoms with Gasteiger partial charge in [-0.1, -0.05) is 36.4 Å². The molecule has 1 heterocycles. The van der Waals surface area contributed by atoms with Gasteiger partial charge in [0.2, 0.25) is 0 Å². The van der Waals surface area contributed by atoms with E-state index in [9.17, 15) is 9.90 Å². The molecule has 2 aromatic rings. The maximum atomic E-state index is 12.0. The number of hydrogen-bond donors (Lipinski definition) is 1. The lowest BCUT2D eigenvalue weighted by Crippen LogP contribution is -2.29. The van der Waals surface area contributed by atoms with Gasteiger partial charge in [0.15, 0.2) is 5.78 Å². The van der Waals surface area contributed by atoms with Crippen molar-refractivity contribution in [3.8, 4) is 0 Å². The maximum absolute atomic E-state index is 12.0. The smallest absolute Gasteiger partial charge is 0.186 e. The average molecular weight is 294 g/mol. The van der Waals surface area contributed by atoms with E-state index >= 15 is 0 Å². The van der Waals surface area contributed by atoms with Crippen LogP contribution >= 0.6 is 11.3 Å². The molecule has 1 unspecified atom stereocenters. The molecule has 3 heteroatoms. The zero-order valence-electron chi connectivity index (χ0n) is 11.4. The van der Waals surface area contributed by atoms with Gasteiger partial charge in [0.05, 0.1) is 0 Å². The Balaban J connectivity index is 1.91. The SMILES string of the molecule is O=C1C=CC(O)(c2cc3c(s2)CCC=C3)c2ccccc21. The summed E-state index contributed by atoms with van der Waals surface area (Å²) >= 11 is 1.64. The van der Waals surface area contributed by atoms with Crippen molar-refractivity contribution >= 4 is 23.2 Å². The summed E-state index contributed by atoms with van der Waals surface area (Å²) in [5, 5.41) is 11.2. The molecule has 0 saturated heterocycles. The standard InChI is InChI=1S/C18H14O2S/c19-15-9-10-18(20,14-7-3-2-6-13(14)15)17-11-12-5-1-4-8-16(12)21-17/h1-3,5-7,9-11,20H,4,8H2. The molecule has 2 aliphatic rings. The van der Waals surface area contributed by atoms with Gasteiger partial charge < -0.3 is 5.11 Å². The van der Waals surface area contributed by atoms with E-state index in [1.54, 1.807) is 23.5 Å². The first-order valence-electron chi connectivity index (χ1n) is 7.04. The van der Waals surface area contributed by atoms with Crippen LogP contribution in [0.1, 0.15) is 37.7 Å². The minimum absolute atomic E-state index is 0.0449. The number of thiophene rings is 1. The highest BCUT2D eigenvalue weighted by atomic mass is 32.1. The van der Waals surface area contributed by atoms with Crippen molar-refractivity contribution in [3.63, 3.8) is 0 Å². The number of benzene rings is 1. The fraction of sp³-hybridized carbons (Fsp3) is 0.167. The number of carbonyl (C=O) groups is 1. The van der Waals surface area contributed by atoms with Gasteiger partial charge in [0.1, 0.15) is 5.60 Å². The summed E-state index contributed by atoms with van der Waals surface area (Å²) in [6, 6.07) is 9.36. The van der Waals surface area contributed by atoms with Crippen molar-refractivity contribution in [1.82, 2.24) is 0 Å². The normalized spacial score (nSPS) is 23.0. The first-order chi connectivity index (χ1) is 10.2. The lowest BCUT2D eigenvalue weighted by molar-refractivity contribution is 0.0993. The van der Waals surface area contributed by atoms with E-state index in [0.29, 0.717) is 11.1 Å². The number of carbonyl (C=O) groups excluding carboxylic acids is 1. The molecular weight excluding hydrogens is 280 g/mol. The second kappa shape index (κ2) is 4.52. The van der Waals surface area contributed by atoms with Crippen LogP contribution in [-0.4, -0.2) is 10.9 Å². The topological polar surface area (TPSA) is 37.3 Å². The van der Waals surface area contributed by atoms with E-state index in [0.717, 1.165) is 17.7 Å². The molecule has 1 aromatic heterocycles. The van der Waals surface area contributed by atoms with Gasteiger partial charge >= 0.3 is 0 Å². The van der Waals surface area contributed by atoms with Crippen molar-refractivity contribution < 1.29 is 9.90 Å². The molecule has 104 valence electrons. The summed E-state index contributed by atoms with van der Waals surface area (Å²) < 4.78 is 0. The predicted molar refractivity (Wildman–Crippen MR) is 84.6 cm³/mol. The number of aryl methyl sites for hydroxylation is 1. The predicted octanol–water partition coefficient (Wildman–Crippen LogP) is 3.70. The number of rotatable bonds is 1. The van der Waals surface area contributed by atoms with Crippen LogP contribution in [0.3, 0.4) is 0 Å². The van der Waals surface area contributed by atoms with Gasteiger partial charge in [-0.15, -0.1) is 11.3 Å². The van der Waals surface area contributed by atoms with Crippen molar-refractivity contribution in [1.29, 1.82) is 0 Å². The van der Waals surface area contributed by atoms with E-state index < -0.39 is 5.60 Å². The first-order valence-corrected chi connectivity index (χ1v) is 7.85. The molecule has 1 atom stereocenters. The first kappa shape index (κ1) is 12.7. The summed E-state index contributed by atoms with van der Waals surface area (Å²) in [5.74, 6) is -0.0449. The van der Waals surface area contributed by atoms with Crippen LogP contribution in [0.25, 0.3) is 6.08 Å². The summed E-state index contributed by atoms with van der Waals surface area (Å²) in [6.07, 6.45) is 9.46. The van der Waals surface area contributed by atoms with Crippen molar-refractivity contribution in [2.75, 3.05) is 0 Å². The Bertz CT molecular complexity index is 797. The Morgan fingerprint density at radius 3 is 2.90 bits per heavy atom. The largest absolute Gasteiger partial charge is 0.376 e. The molecule has 0 radical (unpaired) electrons. The van der Waals surface area contributed by atoms with Crippen molar-refractivity contribution in [2.24, 2.45) is 0 Å². The van der Waals surface area contributed by atoms with Gasteiger partial charge in [-0.05, 0) is 36.6 Å². The highest BCUT2D eigenvalue weighted by Gasteiger charge is 2.37. The Hall–Kier alpha value is -1.97. The molecule has 1 N–H and O–H groups in total. The average Bonchev–Trinajstić information content (AvgIpc) is 2.96. The summed E-state index contributed by atoms with van der Waals surface area (Å²) in [6.45, 7) is 0. The van der Waals surface area contributed by atoms with Crippen molar-refractivity contribution in [3.05, 3.63) is 75.0 Å². The lowest BCUT2D eigenvalue weighted by atomic mass is 9.82. The molecule has 2 nitrogen and oxygen atoms in total. The molecule has 0 aliphatic heterocycles. The molecule has 0 spiro atoms. The Morgan fingerprint density at radius 1 is 1.19 bits per heavy atom. The fourth-order valence-electron chi connectivity index (χ4n) is 3.01. The quantitative estimate of drug-likeness (QED) is 0.871. The summed E-state index contributed by atoms with van der Waals surface area (Å²) in [7, 11) is 0. The highest BCUT2D eigenvalue weighted by molar-refractivity contribution is 7.12. The second-order valence-corrected chi connectivity index (χ2v) is 6.58. The van der Waals surface area contributed by atoms with Gasteiger partial charge in [-0.3, -0.25) is 4.79 Å². The molecular formula is C18H14O2S. The minimum Gasteiger partial charge on any atom is -0.376 e. The number of aliphatic hydroxyl groups is 1. The summed E-state index contributed by atoms with van der Waals surface area (Å²) in [4.78, 5) is 14.2. The number of hydrogen-bond acceptors (Lipinski definition) is 3. The Morgan fingerprint density at radius 2 is 2.05 bits per heavy atom. The van der Waals surface area contributed by atoms with Crippen LogP contribution in [0.5, 0.6) is 0 Å². The molecule has 0 fully saturated rings. The third-order valence-corrected chi connectivity index (χ3v) is 5.47. The third-order valence-electron chi connectivity index (χ3n) is 4.13. The second-order valence-electron chi connectivity index (χ2n) is 5.44. The number of fused-ring (bicyclic) bond motifs is 2. The summed E-state index contributed by atoms with van der Waals surface area (Å²) in [5.41, 5.74) is 1.27. The fourth-order valence-corrected chi connectivity index (χ4v) is 4.26. The van der Waals surface area contributed by atoms with E-state index in [4.69, 9.17) is 0 Å². The van der Waals surface area contributed by atoms with Gasteiger partial charge in [0, 0.05) is 20.9 Å². The molecule has 0 amide bonds. The van der Waals surface area contributed by atoms with E-state index in [1.165, 1.54) is 16.5 Å². The molecule has 0 bridgehead atoms. The van der Waals surface area contributed by atoms with Gasteiger partial charge in [-0.25, -0.2) is 0 Å². The zero-order chi connectivity index (χ0) is 14.4. The Kier molecular flexibility index (Phi) is 2.74. The highest BCUT2D eigenvalue weighted by Crippen LogP contribution is 2.42. The molecule has 2 aliphatic carbocycles. The lowest BCUT2D eigenvalue weighted by Gasteiger charge is -2.28. The third kappa shape index (κ3) is 1.85. The van der Waals surface area contributed by atoms with Crippen LogP contribution in [0.4, 0.5) is 0 Å². The number of allylic oxidation sites excluding steroid dienone is 2. The van der Waals surface area contributed by atoms with E-state index in [-0.39, 0.29) is 5.78 Å². The molecule has 21 heavy (non-hydrogen) atoms. The van der Waals surface area contributed by atoms with Crippen LogP contribution in [0.2, 0.25) is 0 Å². The molecule has 1 aromatic carbocycles. The van der Waals surface area contributed by atoms with Crippen LogP contribution < -0.4 is 0 Å². The van der Waals surface area contributed by atoms with Crippen LogP contribution in [0, 0.1) is 0 Å². The van der Waals surface area contributed by atoms with E-state index in [2.05, 4.69) is 12.2 Å². The van der Waals surface area contributed by atoms with Crippen LogP contribution in [0.15, 0.2) is 48.6 Å². The number of ketones is 1. The maximum Gasteiger partial charge on any atom is 0.186 e. The van der Waals surface area contributed by atoms with Gasteiger partial charge in [0.25, 0.3) is 0 Å².